The minimum Gasteiger partial charge on any atom is -0.315 e. The van der Waals surface area contributed by atoms with Crippen molar-refractivity contribution in [2.24, 2.45) is 0 Å². The highest BCUT2D eigenvalue weighted by Gasteiger charge is 2.11. The predicted molar refractivity (Wildman–Crippen MR) is 59.7 cm³/mol. The van der Waals surface area contributed by atoms with E-state index in [1.165, 1.54) is 24.0 Å². The van der Waals surface area contributed by atoms with Gasteiger partial charge < -0.3 is 9.69 Å². The number of carbonyl (C=O) groups excluding carboxylic acids is 2. The quantitative estimate of drug-likeness (QED) is 0.784. The van der Waals surface area contributed by atoms with Crippen LogP contribution in [0, 0.1) is 5.82 Å². The van der Waals surface area contributed by atoms with Crippen LogP contribution in [0.1, 0.15) is 19.8 Å². The van der Waals surface area contributed by atoms with E-state index in [0.717, 1.165) is 0 Å². The number of rotatable bonds is 4. The summed E-state index contributed by atoms with van der Waals surface area (Å²) in [5.74, 6) is -0.606. The van der Waals surface area contributed by atoms with Gasteiger partial charge in [0.25, 0.3) is 0 Å². The van der Waals surface area contributed by atoms with Crippen molar-refractivity contribution in [3.63, 3.8) is 0 Å². The third-order valence-electron chi connectivity index (χ3n) is 2.26. The zero-order valence-corrected chi connectivity index (χ0v) is 9.37. The van der Waals surface area contributed by atoms with Crippen LogP contribution >= 0.6 is 0 Å². The summed E-state index contributed by atoms with van der Waals surface area (Å²) in [5, 5.41) is 0. The highest BCUT2D eigenvalue weighted by atomic mass is 19.1. The van der Waals surface area contributed by atoms with Crippen molar-refractivity contribution in [1.82, 2.24) is 0 Å². The van der Waals surface area contributed by atoms with Crippen molar-refractivity contribution >= 4 is 17.4 Å². The van der Waals surface area contributed by atoms with Crippen molar-refractivity contribution in [2.45, 2.75) is 19.8 Å². The Morgan fingerprint density at radius 2 is 2.00 bits per heavy atom. The topological polar surface area (TPSA) is 37.4 Å². The van der Waals surface area contributed by atoms with Crippen LogP contribution in [-0.4, -0.2) is 18.7 Å². The van der Waals surface area contributed by atoms with E-state index in [2.05, 4.69) is 0 Å². The first-order chi connectivity index (χ1) is 7.50. The Bertz CT molecular complexity index is 404. The largest absolute Gasteiger partial charge is 0.315 e. The number of Topliss-reactive ketones (excluding diaryl/α,β-unsaturated/α-hetero) is 1. The Morgan fingerprint density at radius 1 is 1.31 bits per heavy atom. The number of anilines is 1. The maximum Gasteiger partial charge on any atom is 0.227 e. The molecule has 0 unspecified atom stereocenters. The third-order valence-corrected chi connectivity index (χ3v) is 2.26. The number of nitrogens with zero attached hydrogens (tertiary/aromatic N) is 1. The third kappa shape index (κ3) is 3.46. The molecule has 0 aliphatic carbocycles. The smallest absolute Gasteiger partial charge is 0.227 e. The van der Waals surface area contributed by atoms with Crippen molar-refractivity contribution < 1.29 is 14.0 Å². The Kier molecular flexibility index (Phi) is 4.17. The molecule has 1 amide bonds. The molecule has 0 aliphatic heterocycles. The molecule has 1 rings (SSSR count). The lowest BCUT2D eigenvalue weighted by molar-refractivity contribution is -0.122. The lowest BCUT2D eigenvalue weighted by atomic mass is 10.2. The predicted octanol–water partition coefficient (Wildman–Crippen LogP) is 2.16. The van der Waals surface area contributed by atoms with Gasteiger partial charge in [0.1, 0.15) is 11.6 Å². The SMILES string of the molecule is CC(=O)CCC(=O)N(C)c1cccc(F)c1. The molecule has 4 heteroatoms. The molecule has 0 bridgehead atoms. The van der Waals surface area contributed by atoms with Crippen LogP contribution in [0.3, 0.4) is 0 Å². The first-order valence-electron chi connectivity index (χ1n) is 5.02. The molecule has 0 aromatic heterocycles. The minimum atomic E-state index is -0.385. The zero-order valence-electron chi connectivity index (χ0n) is 9.37. The lowest BCUT2D eigenvalue weighted by Gasteiger charge is -2.16. The highest BCUT2D eigenvalue weighted by molar-refractivity contribution is 5.94. The van der Waals surface area contributed by atoms with Crippen LogP contribution in [0.15, 0.2) is 24.3 Å². The number of hydrogen-bond donors (Lipinski definition) is 0. The Morgan fingerprint density at radius 3 is 2.56 bits per heavy atom. The van der Waals surface area contributed by atoms with E-state index in [-0.39, 0.29) is 30.3 Å². The van der Waals surface area contributed by atoms with Gasteiger partial charge in [0.15, 0.2) is 0 Å². The number of hydrogen-bond acceptors (Lipinski definition) is 2. The molecule has 0 saturated carbocycles. The number of halogens is 1. The molecule has 0 atom stereocenters. The summed E-state index contributed by atoms with van der Waals surface area (Å²) in [6.07, 6.45) is 0.376. The van der Waals surface area contributed by atoms with Gasteiger partial charge in [0.2, 0.25) is 5.91 Å². The van der Waals surface area contributed by atoms with E-state index in [0.29, 0.717) is 5.69 Å². The van der Waals surface area contributed by atoms with Crippen LogP contribution in [0.4, 0.5) is 10.1 Å². The second-order valence-electron chi connectivity index (χ2n) is 3.63. The maximum atomic E-state index is 12.9. The van der Waals surface area contributed by atoms with Gasteiger partial charge in [-0.1, -0.05) is 6.07 Å². The summed E-state index contributed by atoms with van der Waals surface area (Å²) in [6.45, 7) is 1.44. The standard InChI is InChI=1S/C12H14FNO2/c1-9(15)6-7-12(16)14(2)11-5-3-4-10(13)8-11/h3-5,8H,6-7H2,1-2H3. The van der Waals surface area contributed by atoms with Gasteiger partial charge in [-0.15, -0.1) is 0 Å². The van der Waals surface area contributed by atoms with E-state index in [9.17, 15) is 14.0 Å². The van der Waals surface area contributed by atoms with E-state index in [1.807, 2.05) is 0 Å². The van der Waals surface area contributed by atoms with Gasteiger partial charge in [-0.3, -0.25) is 4.79 Å². The average Bonchev–Trinajstić information content (AvgIpc) is 2.24. The Balaban J connectivity index is 2.66. The van der Waals surface area contributed by atoms with Crippen LogP contribution in [0.5, 0.6) is 0 Å². The molecule has 0 spiro atoms. The molecule has 86 valence electrons. The summed E-state index contributed by atoms with van der Waals surface area (Å²) in [5.41, 5.74) is 0.494. The monoisotopic (exact) mass is 223 g/mol. The first kappa shape index (κ1) is 12.4. The summed E-state index contributed by atoms with van der Waals surface area (Å²) in [7, 11) is 1.57. The Labute approximate surface area is 93.9 Å². The van der Waals surface area contributed by atoms with Crippen molar-refractivity contribution in [3.8, 4) is 0 Å². The number of benzene rings is 1. The second kappa shape index (κ2) is 5.39. The van der Waals surface area contributed by atoms with Gasteiger partial charge >= 0.3 is 0 Å². The maximum absolute atomic E-state index is 12.9. The number of ketones is 1. The fraction of sp³-hybridized carbons (Fsp3) is 0.333. The van der Waals surface area contributed by atoms with Crippen molar-refractivity contribution in [1.29, 1.82) is 0 Å². The van der Waals surface area contributed by atoms with Crippen molar-refractivity contribution in [2.75, 3.05) is 11.9 Å². The van der Waals surface area contributed by atoms with E-state index in [4.69, 9.17) is 0 Å². The fourth-order valence-corrected chi connectivity index (χ4v) is 1.28. The second-order valence-corrected chi connectivity index (χ2v) is 3.63. The molecule has 0 aliphatic rings. The molecular weight excluding hydrogens is 209 g/mol. The van der Waals surface area contributed by atoms with E-state index in [1.54, 1.807) is 19.2 Å². The van der Waals surface area contributed by atoms with Gasteiger partial charge in [0.05, 0.1) is 0 Å². The molecule has 0 N–H and O–H groups in total. The average molecular weight is 223 g/mol. The minimum absolute atomic E-state index is 0.0269. The summed E-state index contributed by atoms with van der Waals surface area (Å²) in [4.78, 5) is 23.7. The number of carbonyl (C=O) groups is 2. The summed E-state index contributed by atoms with van der Waals surface area (Å²) < 4.78 is 12.9. The molecule has 0 heterocycles. The zero-order chi connectivity index (χ0) is 12.1. The molecular formula is C12H14FNO2. The van der Waals surface area contributed by atoms with Crippen molar-refractivity contribution in [3.05, 3.63) is 30.1 Å². The van der Waals surface area contributed by atoms with Crippen LogP contribution in [0.2, 0.25) is 0 Å². The van der Waals surface area contributed by atoms with Gasteiger partial charge in [-0.2, -0.15) is 0 Å². The summed E-state index contributed by atoms with van der Waals surface area (Å²) in [6, 6.07) is 5.79. The molecule has 0 radical (unpaired) electrons. The molecule has 1 aromatic rings. The Hall–Kier alpha value is -1.71. The molecule has 1 aromatic carbocycles. The van der Waals surface area contributed by atoms with Gasteiger partial charge in [0, 0.05) is 25.6 Å². The van der Waals surface area contributed by atoms with Crippen LogP contribution < -0.4 is 4.90 Å². The van der Waals surface area contributed by atoms with Gasteiger partial charge in [-0.25, -0.2) is 4.39 Å². The number of amides is 1. The van der Waals surface area contributed by atoms with E-state index < -0.39 is 0 Å². The van der Waals surface area contributed by atoms with Crippen LogP contribution in [0.25, 0.3) is 0 Å². The van der Waals surface area contributed by atoms with E-state index >= 15 is 0 Å². The molecule has 0 saturated heterocycles. The normalized spacial score (nSPS) is 9.94. The first-order valence-corrected chi connectivity index (χ1v) is 5.02. The molecule has 0 fully saturated rings. The lowest BCUT2D eigenvalue weighted by Crippen LogP contribution is -2.26. The molecule has 16 heavy (non-hydrogen) atoms. The highest BCUT2D eigenvalue weighted by Crippen LogP contribution is 2.15. The fourth-order valence-electron chi connectivity index (χ4n) is 1.28. The summed E-state index contributed by atoms with van der Waals surface area (Å²) >= 11 is 0. The van der Waals surface area contributed by atoms with Crippen LogP contribution in [-0.2, 0) is 9.59 Å². The van der Waals surface area contributed by atoms with Gasteiger partial charge in [-0.05, 0) is 25.1 Å². The molecule has 3 nitrogen and oxygen atoms in total.